The van der Waals surface area contributed by atoms with Crippen LogP contribution >= 0.6 is 11.3 Å². The fourth-order valence-electron chi connectivity index (χ4n) is 7.89. The van der Waals surface area contributed by atoms with Gasteiger partial charge in [0.1, 0.15) is 0 Å². The quantitative estimate of drug-likeness (QED) is 0.191. The molecule has 1 aliphatic rings. The van der Waals surface area contributed by atoms with Gasteiger partial charge in [-0.05, 0) is 69.1 Å². The summed E-state index contributed by atoms with van der Waals surface area (Å²) in [5.74, 6) is 0. The van der Waals surface area contributed by atoms with Crippen molar-refractivity contribution in [3.63, 3.8) is 0 Å². The van der Waals surface area contributed by atoms with Crippen molar-refractivity contribution in [1.82, 2.24) is 4.57 Å². The summed E-state index contributed by atoms with van der Waals surface area (Å²) in [6.45, 7) is 9.74. The van der Waals surface area contributed by atoms with Crippen LogP contribution < -0.4 is 0 Å². The molecule has 0 fully saturated rings. The average molecular weight is 584 g/mol. The van der Waals surface area contributed by atoms with Crippen LogP contribution in [0.5, 0.6) is 0 Å². The maximum atomic E-state index is 2.45. The van der Waals surface area contributed by atoms with Gasteiger partial charge in [-0.3, -0.25) is 0 Å². The number of para-hydroxylation sites is 2. The largest absolute Gasteiger partial charge is 0.309 e. The first kappa shape index (κ1) is 25.8. The van der Waals surface area contributed by atoms with E-state index in [0.717, 1.165) is 0 Å². The average Bonchev–Trinajstić information content (AvgIpc) is 3.60. The van der Waals surface area contributed by atoms with Crippen molar-refractivity contribution in [1.29, 1.82) is 0 Å². The van der Waals surface area contributed by atoms with Crippen LogP contribution in [-0.2, 0) is 10.8 Å². The van der Waals surface area contributed by atoms with E-state index >= 15 is 0 Å². The Labute approximate surface area is 262 Å². The molecule has 0 saturated heterocycles. The molecule has 9 rings (SSSR count). The molecule has 44 heavy (non-hydrogen) atoms. The Bertz CT molecular complexity index is 2380. The monoisotopic (exact) mass is 583 g/mol. The molecule has 0 aliphatic heterocycles. The first-order chi connectivity index (χ1) is 21.4. The Morgan fingerprint density at radius 2 is 1.11 bits per heavy atom. The predicted octanol–water partition coefficient (Wildman–Crippen LogP) is 12.1. The van der Waals surface area contributed by atoms with Crippen LogP contribution in [0.3, 0.4) is 0 Å². The fourth-order valence-corrected chi connectivity index (χ4v) is 9.14. The standard InChI is InChI=1S/C42H33NS/c1-41(2)34-17-8-5-12-29(34)32-24-25-37-38(39(32)42(41,3)4)33-16-11-15-28(40(33)44-37)26-20-22-27(23-21-26)43-35-18-9-6-13-30(35)31-14-7-10-19-36(31)43/h5-25H,1-4H3. The highest BCUT2D eigenvalue weighted by Gasteiger charge is 2.46. The number of rotatable bonds is 2. The second-order valence-corrected chi connectivity index (χ2v) is 14.4. The SMILES string of the molecule is CC1(C)c2ccccc2-c2ccc3sc4c(-c5ccc(-n6c7ccccc7c7ccccc76)cc5)cccc4c3c2C1(C)C. The van der Waals surface area contributed by atoms with Gasteiger partial charge in [-0.1, -0.05) is 125 Å². The molecule has 6 aromatic carbocycles. The van der Waals surface area contributed by atoms with Gasteiger partial charge in [0.2, 0.25) is 0 Å². The molecule has 0 radical (unpaired) electrons. The third-order valence-corrected chi connectivity index (χ3v) is 12.0. The second kappa shape index (κ2) is 8.94. The molecule has 0 bridgehead atoms. The Balaban J connectivity index is 1.24. The van der Waals surface area contributed by atoms with Crippen molar-refractivity contribution < 1.29 is 0 Å². The summed E-state index contributed by atoms with van der Waals surface area (Å²) >= 11 is 1.94. The summed E-state index contributed by atoms with van der Waals surface area (Å²) in [5.41, 5.74) is 11.9. The van der Waals surface area contributed by atoms with Crippen molar-refractivity contribution in [3.8, 4) is 27.9 Å². The van der Waals surface area contributed by atoms with E-state index in [-0.39, 0.29) is 10.8 Å². The highest BCUT2D eigenvalue weighted by Crippen LogP contribution is 2.57. The third-order valence-electron chi connectivity index (χ3n) is 10.8. The van der Waals surface area contributed by atoms with Gasteiger partial charge in [-0.15, -0.1) is 11.3 Å². The first-order valence-corrected chi connectivity index (χ1v) is 16.4. The van der Waals surface area contributed by atoms with E-state index in [9.17, 15) is 0 Å². The van der Waals surface area contributed by atoms with Crippen LogP contribution in [0.1, 0.15) is 38.8 Å². The highest BCUT2D eigenvalue weighted by molar-refractivity contribution is 7.26. The maximum Gasteiger partial charge on any atom is 0.0541 e. The van der Waals surface area contributed by atoms with Crippen molar-refractivity contribution in [2.45, 2.75) is 38.5 Å². The van der Waals surface area contributed by atoms with E-state index in [1.807, 2.05) is 11.3 Å². The zero-order valence-electron chi connectivity index (χ0n) is 25.5. The van der Waals surface area contributed by atoms with Crippen LogP contribution in [-0.4, -0.2) is 4.57 Å². The van der Waals surface area contributed by atoms with E-state index in [2.05, 4.69) is 160 Å². The Morgan fingerprint density at radius 1 is 0.500 bits per heavy atom. The summed E-state index contributed by atoms with van der Waals surface area (Å²) in [7, 11) is 0. The minimum Gasteiger partial charge on any atom is -0.309 e. The summed E-state index contributed by atoms with van der Waals surface area (Å²) in [5, 5.41) is 5.38. The van der Waals surface area contributed by atoms with Gasteiger partial charge >= 0.3 is 0 Å². The van der Waals surface area contributed by atoms with Crippen molar-refractivity contribution in [2.75, 3.05) is 0 Å². The number of benzene rings is 6. The minimum atomic E-state index is -0.0375. The Kier molecular flexibility index (Phi) is 5.24. The van der Waals surface area contributed by atoms with Crippen LogP contribution in [0.15, 0.2) is 127 Å². The molecule has 1 nitrogen and oxygen atoms in total. The van der Waals surface area contributed by atoms with E-state index in [1.54, 1.807) is 0 Å². The van der Waals surface area contributed by atoms with Gasteiger partial charge in [0.15, 0.2) is 0 Å². The molecule has 0 unspecified atom stereocenters. The van der Waals surface area contributed by atoms with Gasteiger partial charge in [0.05, 0.1) is 11.0 Å². The van der Waals surface area contributed by atoms with Crippen LogP contribution in [0.2, 0.25) is 0 Å². The van der Waals surface area contributed by atoms with Crippen molar-refractivity contribution >= 4 is 53.3 Å². The lowest BCUT2D eigenvalue weighted by Gasteiger charge is -2.48. The fraction of sp³-hybridized carbons (Fsp3) is 0.143. The molecule has 212 valence electrons. The summed E-state index contributed by atoms with van der Waals surface area (Å²) in [6.07, 6.45) is 0. The van der Waals surface area contributed by atoms with Crippen molar-refractivity contribution in [3.05, 3.63) is 139 Å². The van der Waals surface area contributed by atoms with E-state index < -0.39 is 0 Å². The van der Waals surface area contributed by atoms with Crippen LogP contribution in [0.4, 0.5) is 0 Å². The molecule has 0 N–H and O–H groups in total. The molecule has 0 amide bonds. The predicted molar refractivity (Wildman–Crippen MR) is 191 cm³/mol. The first-order valence-electron chi connectivity index (χ1n) is 15.5. The second-order valence-electron chi connectivity index (χ2n) is 13.4. The summed E-state index contributed by atoms with van der Waals surface area (Å²) < 4.78 is 5.13. The number of fused-ring (bicyclic) bond motifs is 10. The molecule has 0 saturated carbocycles. The van der Waals surface area contributed by atoms with E-state index in [1.165, 1.54) is 81.0 Å². The molecule has 0 atom stereocenters. The molecule has 2 aromatic heterocycles. The molecular formula is C42H33NS. The molecule has 0 spiro atoms. The minimum absolute atomic E-state index is 0.000608. The number of aromatic nitrogens is 1. The van der Waals surface area contributed by atoms with Crippen LogP contribution in [0.25, 0.3) is 69.9 Å². The van der Waals surface area contributed by atoms with E-state index in [0.29, 0.717) is 0 Å². The van der Waals surface area contributed by atoms with Gasteiger partial charge in [0, 0.05) is 42.0 Å². The zero-order chi connectivity index (χ0) is 29.8. The maximum absolute atomic E-state index is 2.45. The zero-order valence-corrected chi connectivity index (χ0v) is 26.3. The molecule has 8 aromatic rings. The normalized spacial score (nSPS) is 15.2. The highest BCUT2D eigenvalue weighted by atomic mass is 32.1. The molecule has 1 aliphatic carbocycles. The van der Waals surface area contributed by atoms with Crippen molar-refractivity contribution in [2.24, 2.45) is 0 Å². The number of nitrogens with zero attached hydrogens (tertiary/aromatic N) is 1. The number of hydrogen-bond acceptors (Lipinski definition) is 1. The lowest BCUT2D eigenvalue weighted by Crippen LogP contribution is -2.43. The lowest BCUT2D eigenvalue weighted by molar-refractivity contribution is 0.301. The molecule has 2 heterocycles. The Hall–Kier alpha value is -4.66. The molecular weight excluding hydrogens is 551 g/mol. The number of thiophene rings is 1. The third kappa shape index (κ3) is 3.29. The van der Waals surface area contributed by atoms with Crippen LogP contribution in [0, 0.1) is 0 Å². The number of hydrogen-bond donors (Lipinski definition) is 0. The lowest BCUT2D eigenvalue weighted by atomic mass is 9.55. The summed E-state index contributed by atoms with van der Waals surface area (Å²) in [6, 6.07) is 47.3. The van der Waals surface area contributed by atoms with Gasteiger partial charge in [-0.2, -0.15) is 0 Å². The van der Waals surface area contributed by atoms with Gasteiger partial charge in [-0.25, -0.2) is 0 Å². The van der Waals surface area contributed by atoms with Gasteiger partial charge in [0.25, 0.3) is 0 Å². The van der Waals surface area contributed by atoms with Gasteiger partial charge < -0.3 is 4.57 Å². The molecule has 2 heteroatoms. The van der Waals surface area contributed by atoms with E-state index in [4.69, 9.17) is 0 Å². The summed E-state index contributed by atoms with van der Waals surface area (Å²) in [4.78, 5) is 0. The smallest absolute Gasteiger partial charge is 0.0541 e. The topological polar surface area (TPSA) is 4.93 Å². The Morgan fingerprint density at radius 3 is 1.84 bits per heavy atom.